The van der Waals surface area contributed by atoms with Crippen LogP contribution in [-0.4, -0.2) is 42.9 Å². The van der Waals surface area contributed by atoms with Crippen molar-refractivity contribution in [3.63, 3.8) is 0 Å². The van der Waals surface area contributed by atoms with Gasteiger partial charge < -0.3 is 10.4 Å². The van der Waals surface area contributed by atoms with Crippen molar-refractivity contribution >= 4 is 21.7 Å². The lowest BCUT2D eigenvalue weighted by atomic mass is 9.95. The van der Waals surface area contributed by atoms with Gasteiger partial charge in [0, 0.05) is 6.04 Å². The Hall–Kier alpha value is -1.11. The molecule has 1 aliphatic carbocycles. The van der Waals surface area contributed by atoms with E-state index in [4.69, 9.17) is 5.11 Å². The Morgan fingerprint density at radius 1 is 1.10 bits per heavy atom. The maximum absolute atomic E-state index is 12.2. The molecule has 1 saturated carbocycles. The lowest BCUT2D eigenvalue weighted by molar-refractivity contribution is -0.146. The number of carboxylic acid groups (broad SMARTS) is 1. The van der Waals surface area contributed by atoms with E-state index in [0.717, 1.165) is 0 Å². The van der Waals surface area contributed by atoms with Crippen LogP contribution >= 0.6 is 0 Å². The second-order valence-corrected chi connectivity index (χ2v) is 8.37. The summed E-state index contributed by atoms with van der Waals surface area (Å²) >= 11 is 0. The standard InChI is InChI=1S/C13H21NO5S/c1-8-6-10(11(7-8)13(16)17)12(15)14-9-2-4-20(18,19)5-3-9/h8-11H,2-7H2,1H3,(H,14,15)(H,16,17). The molecule has 3 atom stereocenters. The van der Waals surface area contributed by atoms with Crippen molar-refractivity contribution in [3.8, 4) is 0 Å². The average molecular weight is 303 g/mol. The summed E-state index contributed by atoms with van der Waals surface area (Å²) in [6, 6.07) is -0.142. The third-order valence-corrected chi connectivity index (χ3v) is 6.07. The molecule has 0 bridgehead atoms. The minimum atomic E-state index is -2.95. The smallest absolute Gasteiger partial charge is 0.307 e. The first-order chi connectivity index (χ1) is 9.28. The maximum Gasteiger partial charge on any atom is 0.307 e. The highest BCUT2D eigenvalue weighted by molar-refractivity contribution is 7.91. The monoisotopic (exact) mass is 303 g/mol. The van der Waals surface area contributed by atoms with E-state index < -0.39 is 27.6 Å². The van der Waals surface area contributed by atoms with E-state index in [1.807, 2.05) is 6.92 Å². The topological polar surface area (TPSA) is 101 Å². The second-order valence-electron chi connectivity index (χ2n) is 6.06. The highest BCUT2D eigenvalue weighted by Crippen LogP contribution is 2.36. The van der Waals surface area contributed by atoms with Crippen LogP contribution in [0.25, 0.3) is 0 Å². The van der Waals surface area contributed by atoms with Gasteiger partial charge in [0.2, 0.25) is 5.91 Å². The summed E-state index contributed by atoms with van der Waals surface area (Å²) in [5.41, 5.74) is 0. The predicted octanol–water partition coefficient (Wildman–Crippen LogP) is 0.427. The van der Waals surface area contributed by atoms with E-state index in [9.17, 15) is 18.0 Å². The van der Waals surface area contributed by atoms with Crippen LogP contribution in [0.5, 0.6) is 0 Å². The third-order valence-electron chi connectivity index (χ3n) is 4.35. The zero-order chi connectivity index (χ0) is 14.9. The lowest BCUT2D eigenvalue weighted by Gasteiger charge is -2.25. The van der Waals surface area contributed by atoms with Crippen LogP contribution in [0.1, 0.15) is 32.6 Å². The van der Waals surface area contributed by atoms with Crippen LogP contribution < -0.4 is 5.32 Å². The normalized spacial score (nSPS) is 33.8. The molecule has 0 aromatic heterocycles. The van der Waals surface area contributed by atoms with Crippen LogP contribution in [0.3, 0.4) is 0 Å². The van der Waals surface area contributed by atoms with Gasteiger partial charge in [0.25, 0.3) is 0 Å². The molecule has 20 heavy (non-hydrogen) atoms. The van der Waals surface area contributed by atoms with Gasteiger partial charge in [-0.1, -0.05) is 6.92 Å². The zero-order valence-electron chi connectivity index (χ0n) is 11.5. The van der Waals surface area contributed by atoms with Gasteiger partial charge in [-0.25, -0.2) is 8.42 Å². The number of hydrogen-bond donors (Lipinski definition) is 2. The third kappa shape index (κ3) is 3.50. The number of carbonyl (C=O) groups excluding carboxylic acids is 1. The minimum absolute atomic E-state index is 0.0986. The van der Waals surface area contributed by atoms with E-state index in [0.29, 0.717) is 25.7 Å². The number of amides is 1. The van der Waals surface area contributed by atoms with Gasteiger partial charge in [-0.15, -0.1) is 0 Å². The molecular weight excluding hydrogens is 282 g/mol. The number of carboxylic acids is 1. The fraction of sp³-hybridized carbons (Fsp3) is 0.846. The van der Waals surface area contributed by atoms with Gasteiger partial charge in [-0.2, -0.15) is 0 Å². The van der Waals surface area contributed by atoms with Crippen molar-refractivity contribution in [1.82, 2.24) is 5.32 Å². The van der Waals surface area contributed by atoms with Crippen molar-refractivity contribution < 1.29 is 23.1 Å². The Morgan fingerprint density at radius 2 is 1.65 bits per heavy atom. The molecule has 0 aromatic carbocycles. The van der Waals surface area contributed by atoms with Gasteiger partial charge in [-0.3, -0.25) is 9.59 Å². The molecule has 0 spiro atoms. The number of carbonyl (C=O) groups is 2. The lowest BCUT2D eigenvalue weighted by Crippen LogP contribution is -2.44. The van der Waals surface area contributed by atoms with Crippen LogP contribution in [0.4, 0.5) is 0 Å². The van der Waals surface area contributed by atoms with E-state index in [1.165, 1.54) is 0 Å². The Labute approximate surface area is 118 Å². The summed E-state index contributed by atoms with van der Waals surface area (Å²) in [4.78, 5) is 23.4. The highest BCUT2D eigenvalue weighted by Gasteiger charge is 2.41. The van der Waals surface area contributed by atoms with Crippen molar-refractivity contribution in [3.05, 3.63) is 0 Å². The molecule has 1 heterocycles. The second kappa shape index (κ2) is 5.71. The van der Waals surface area contributed by atoms with Gasteiger partial charge in [0.15, 0.2) is 0 Å². The number of sulfone groups is 1. The Balaban J connectivity index is 1.93. The van der Waals surface area contributed by atoms with Gasteiger partial charge in [0.05, 0.1) is 23.3 Å². The van der Waals surface area contributed by atoms with Crippen LogP contribution in [0.15, 0.2) is 0 Å². The quantitative estimate of drug-likeness (QED) is 0.787. The van der Waals surface area contributed by atoms with Gasteiger partial charge in [0.1, 0.15) is 9.84 Å². The molecule has 2 fully saturated rings. The summed E-state index contributed by atoms with van der Waals surface area (Å²) in [6.07, 6.45) is 1.97. The Bertz CT molecular complexity index is 487. The number of aliphatic carboxylic acids is 1. The molecule has 0 aromatic rings. The molecule has 7 heteroatoms. The van der Waals surface area contributed by atoms with Crippen molar-refractivity contribution in [2.75, 3.05) is 11.5 Å². The van der Waals surface area contributed by atoms with E-state index >= 15 is 0 Å². The van der Waals surface area contributed by atoms with Crippen molar-refractivity contribution in [1.29, 1.82) is 0 Å². The number of nitrogens with one attached hydrogen (secondary N) is 1. The molecule has 2 rings (SSSR count). The van der Waals surface area contributed by atoms with Crippen molar-refractivity contribution in [2.45, 2.75) is 38.6 Å². The molecule has 3 unspecified atom stereocenters. The molecule has 2 N–H and O–H groups in total. The van der Waals surface area contributed by atoms with E-state index in [1.54, 1.807) is 0 Å². The molecule has 114 valence electrons. The maximum atomic E-state index is 12.2. The van der Waals surface area contributed by atoms with E-state index in [2.05, 4.69) is 5.32 Å². The molecule has 0 radical (unpaired) electrons. The number of hydrogen-bond acceptors (Lipinski definition) is 4. The predicted molar refractivity (Wildman–Crippen MR) is 72.8 cm³/mol. The van der Waals surface area contributed by atoms with E-state index in [-0.39, 0.29) is 29.4 Å². The van der Waals surface area contributed by atoms with Gasteiger partial charge in [-0.05, 0) is 31.6 Å². The highest BCUT2D eigenvalue weighted by atomic mass is 32.2. The SMILES string of the molecule is CC1CC(C(=O)O)C(C(=O)NC2CCS(=O)(=O)CC2)C1. The first kappa shape index (κ1) is 15.3. The molecule has 1 aliphatic heterocycles. The fourth-order valence-electron chi connectivity index (χ4n) is 3.20. The summed E-state index contributed by atoms with van der Waals surface area (Å²) < 4.78 is 22.7. The van der Waals surface area contributed by atoms with Gasteiger partial charge >= 0.3 is 5.97 Å². The van der Waals surface area contributed by atoms with Crippen molar-refractivity contribution in [2.24, 2.45) is 17.8 Å². The first-order valence-corrected chi connectivity index (χ1v) is 8.84. The molecular formula is C13H21NO5S. The zero-order valence-corrected chi connectivity index (χ0v) is 12.4. The summed E-state index contributed by atoms with van der Waals surface area (Å²) in [5.74, 6) is -1.81. The first-order valence-electron chi connectivity index (χ1n) is 7.02. The molecule has 2 aliphatic rings. The summed E-state index contributed by atoms with van der Waals surface area (Å²) in [6.45, 7) is 1.95. The molecule has 6 nitrogen and oxygen atoms in total. The average Bonchev–Trinajstić information content (AvgIpc) is 2.74. The largest absolute Gasteiger partial charge is 0.481 e. The number of rotatable bonds is 3. The van der Waals surface area contributed by atoms with Crippen LogP contribution in [-0.2, 0) is 19.4 Å². The minimum Gasteiger partial charge on any atom is -0.481 e. The Kier molecular flexibility index (Phi) is 4.36. The summed E-state index contributed by atoms with van der Waals surface area (Å²) in [7, 11) is -2.95. The molecule has 1 saturated heterocycles. The molecule has 1 amide bonds. The Morgan fingerprint density at radius 3 is 2.20 bits per heavy atom. The fourth-order valence-corrected chi connectivity index (χ4v) is 4.69. The van der Waals surface area contributed by atoms with Crippen LogP contribution in [0.2, 0.25) is 0 Å². The van der Waals surface area contributed by atoms with Crippen LogP contribution in [0, 0.1) is 17.8 Å². The summed E-state index contributed by atoms with van der Waals surface area (Å²) in [5, 5.41) is 12.0.